The fourth-order valence-electron chi connectivity index (χ4n) is 6.98. The molecule has 8 rings (SSSR count). The molecule has 0 radical (unpaired) electrons. The number of benzene rings is 5. The number of aromatic amines is 1. The van der Waals surface area contributed by atoms with Gasteiger partial charge in [0.2, 0.25) is 0 Å². The molecule has 8 nitrogen and oxygen atoms in total. The van der Waals surface area contributed by atoms with Gasteiger partial charge in [0.25, 0.3) is 5.91 Å². The Morgan fingerprint density at radius 1 is 0.760 bits per heavy atom. The van der Waals surface area contributed by atoms with Crippen molar-refractivity contribution in [1.82, 2.24) is 35.4 Å². The highest BCUT2D eigenvalue weighted by atomic mass is 16.2. The van der Waals surface area contributed by atoms with Gasteiger partial charge in [-0.3, -0.25) is 9.78 Å². The molecular weight excluding hydrogens is 619 g/mol. The highest BCUT2D eigenvalue weighted by molar-refractivity contribution is 6.03. The summed E-state index contributed by atoms with van der Waals surface area (Å²) in [6.45, 7) is 0.575. The molecular formula is C42H35N7O. The van der Waals surface area contributed by atoms with Gasteiger partial charge in [0.1, 0.15) is 11.2 Å². The number of nitrogens with zero attached hydrogens (tertiary/aromatic N) is 4. The van der Waals surface area contributed by atoms with Crippen molar-refractivity contribution in [3.8, 4) is 11.3 Å². The summed E-state index contributed by atoms with van der Waals surface area (Å²) in [6.07, 6.45) is 3.56. The lowest BCUT2D eigenvalue weighted by molar-refractivity contribution is 0.0927. The highest BCUT2D eigenvalue weighted by Crippen LogP contribution is 2.44. The molecule has 3 aromatic heterocycles. The van der Waals surface area contributed by atoms with E-state index in [0.717, 1.165) is 49.9 Å². The van der Waals surface area contributed by atoms with Crippen LogP contribution in [0.15, 0.2) is 158 Å². The Kier molecular flexibility index (Phi) is 8.20. The molecule has 8 aromatic rings. The summed E-state index contributed by atoms with van der Waals surface area (Å²) in [4.78, 5) is 26.1. The van der Waals surface area contributed by atoms with Crippen molar-refractivity contribution in [1.29, 1.82) is 0 Å². The second kappa shape index (κ2) is 13.3. The van der Waals surface area contributed by atoms with Crippen LogP contribution in [0.4, 0.5) is 0 Å². The Labute approximate surface area is 289 Å². The number of amides is 1. The number of aromatic nitrogens is 5. The topological polar surface area (TPSA) is 101 Å². The van der Waals surface area contributed by atoms with Crippen LogP contribution < -0.4 is 10.6 Å². The first-order valence-electron chi connectivity index (χ1n) is 16.7. The van der Waals surface area contributed by atoms with Crippen LogP contribution in [0.3, 0.4) is 0 Å². The maximum Gasteiger partial charge on any atom is 0.287 e. The lowest BCUT2D eigenvalue weighted by Gasteiger charge is -2.37. The molecule has 1 amide bonds. The van der Waals surface area contributed by atoms with Crippen molar-refractivity contribution >= 4 is 27.8 Å². The molecule has 0 spiro atoms. The zero-order chi connectivity index (χ0) is 33.9. The number of hydrogen-bond donors (Lipinski definition) is 3. The zero-order valence-electron chi connectivity index (χ0n) is 27.5. The highest BCUT2D eigenvalue weighted by Gasteiger charge is 2.41. The van der Waals surface area contributed by atoms with E-state index in [1.165, 1.54) is 0 Å². The van der Waals surface area contributed by atoms with E-state index in [4.69, 9.17) is 10.1 Å². The Morgan fingerprint density at radius 3 is 1.88 bits per heavy atom. The van der Waals surface area contributed by atoms with Crippen molar-refractivity contribution in [3.63, 3.8) is 0 Å². The molecule has 0 aliphatic rings. The van der Waals surface area contributed by atoms with Crippen LogP contribution in [0.2, 0.25) is 0 Å². The van der Waals surface area contributed by atoms with Crippen molar-refractivity contribution in [3.05, 3.63) is 186 Å². The zero-order valence-corrected chi connectivity index (χ0v) is 27.5. The number of fused-ring (bicyclic) bond motifs is 2. The molecule has 8 heteroatoms. The number of pyridine rings is 1. The third-order valence-corrected chi connectivity index (χ3v) is 9.26. The Hall–Kier alpha value is -6.38. The second-order valence-electron chi connectivity index (χ2n) is 12.3. The molecule has 0 unspecified atom stereocenters. The van der Waals surface area contributed by atoms with Gasteiger partial charge in [0.15, 0.2) is 5.82 Å². The number of H-pyrrole nitrogens is 1. The van der Waals surface area contributed by atoms with E-state index < -0.39 is 5.54 Å². The van der Waals surface area contributed by atoms with Gasteiger partial charge in [0, 0.05) is 29.9 Å². The first kappa shape index (κ1) is 30.9. The van der Waals surface area contributed by atoms with Gasteiger partial charge in [-0.1, -0.05) is 121 Å². The predicted octanol–water partition coefficient (Wildman–Crippen LogP) is 7.51. The lowest BCUT2D eigenvalue weighted by Crippen LogP contribution is -2.38. The minimum Gasteiger partial charge on any atom is -0.341 e. The Balaban J connectivity index is 1.37. The lowest BCUT2D eigenvalue weighted by atomic mass is 9.77. The molecule has 1 atom stereocenters. The van der Waals surface area contributed by atoms with Crippen molar-refractivity contribution < 1.29 is 4.79 Å². The number of rotatable bonds is 10. The largest absolute Gasteiger partial charge is 0.341 e. The van der Waals surface area contributed by atoms with E-state index in [2.05, 4.69) is 104 Å². The molecule has 0 aliphatic heterocycles. The van der Waals surface area contributed by atoms with Crippen LogP contribution in [-0.4, -0.2) is 44.2 Å². The standard InChI is InChI=1S/C42H35N7O/c1-43-28-37(29-14-6-2-7-15-29)47-41(50)40-45-35-26-34-38(27-36(35)46-40)49(48-39(34)30-22-24-44-25-23-30)42(31-16-8-3-9-17-31,32-18-10-4-11-19-32)33-20-12-5-13-21-33/h2-27,37,43H,28H2,1H3,(H,45,46)(H,47,50)/t37-/m1/s1. The SMILES string of the molecule is CNC[C@@H](NC(=O)c1nc2cc3c(-c4ccncc4)nn(C(c4ccccc4)(c4ccccc4)c4ccccc4)c3cc2[nH]1)c1ccccc1. The quantitative estimate of drug-likeness (QED) is 0.133. The Bertz CT molecular complexity index is 2280. The number of carbonyl (C=O) groups excluding carboxylic acids is 1. The summed E-state index contributed by atoms with van der Waals surface area (Å²) in [6, 6.07) is 49.2. The van der Waals surface area contributed by atoms with Gasteiger partial charge in [-0.25, -0.2) is 9.67 Å². The molecule has 3 heterocycles. The van der Waals surface area contributed by atoms with Crippen LogP contribution in [0.5, 0.6) is 0 Å². The van der Waals surface area contributed by atoms with Gasteiger partial charge < -0.3 is 15.6 Å². The number of nitrogens with one attached hydrogen (secondary N) is 3. The summed E-state index contributed by atoms with van der Waals surface area (Å²) >= 11 is 0. The van der Waals surface area contributed by atoms with Crippen LogP contribution in [0, 0.1) is 0 Å². The van der Waals surface area contributed by atoms with E-state index in [1.807, 2.05) is 73.8 Å². The fourth-order valence-corrected chi connectivity index (χ4v) is 6.98. The van der Waals surface area contributed by atoms with Gasteiger partial charge in [-0.2, -0.15) is 5.10 Å². The van der Waals surface area contributed by atoms with Gasteiger partial charge in [-0.05, 0) is 53.6 Å². The van der Waals surface area contributed by atoms with Crippen molar-refractivity contribution in [2.45, 2.75) is 11.6 Å². The van der Waals surface area contributed by atoms with Crippen molar-refractivity contribution in [2.75, 3.05) is 13.6 Å². The maximum absolute atomic E-state index is 13.7. The number of imidazole rings is 1. The smallest absolute Gasteiger partial charge is 0.287 e. The maximum atomic E-state index is 13.7. The number of likely N-dealkylation sites (N-methyl/N-ethyl adjacent to an activating group) is 1. The molecule has 0 fully saturated rings. The Morgan fingerprint density at radius 2 is 1.32 bits per heavy atom. The average Bonchev–Trinajstić information content (AvgIpc) is 3.78. The average molecular weight is 654 g/mol. The molecule has 0 aliphatic carbocycles. The van der Waals surface area contributed by atoms with E-state index >= 15 is 0 Å². The normalized spacial score (nSPS) is 12.3. The predicted molar refractivity (Wildman–Crippen MR) is 198 cm³/mol. The summed E-state index contributed by atoms with van der Waals surface area (Å²) in [7, 11) is 1.87. The summed E-state index contributed by atoms with van der Waals surface area (Å²) in [5.74, 6) is -0.0346. The molecule has 5 aromatic carbocycles. The molecule has 0 bridgehead atoms. The third-order valence-electron chi connectivity index (χ3n) is 9.26. The van der Waals surface area contributed by atoms with Crippen LogP contribution in [-0.2, 0) is 5.54 Å². The summed E-state index contributed by atoms with van der Waals surface area (Å²) in [5, 5.41) is 12.7. The first-order valence-corrected chi connectivity index (χ1v) is 16.7. The molecule has 50 heavy (non-hydrogen) atoms. The minimum absolute atomic E-state index is 0.226. The van der Waals surface area contributed by atoms with Crippen LogP contribution in [0.1, 0.15) is 38.9 Å². The minimum atomic E-state index is -0.850. The third kappa shape index (κ3) is 5.41. The van der Waals surface area contributed by atoms with Crippen LogP contribution >= 0.6 is 0 Å². The number of carbonyl (C=O) groups is 1. The monoisotopic (exact) mass is 653 g/mol. The van der Waals surface area contributed by atoms with E-state index in [9.17, 15) is 4.79 Å². The van der Waals surface area contributed by atoms with Crippen LogP contribution in [0.25, 0.3) is 33.2 Å². The summed E-state index contributed by atoms with van der Waals surface area (Å²) < 4.78 is 2.14. The molecule has 0 saturated heterocycles. The summed E-state index contributed by atoms with van der Waals surface area (Å²) in [5.41, 5.74) is 7.35. The fraction of sp³-hybridized carbons (Fsp3) is 0.0952. The number of hydrogen-bond acceptors (Lipinski definition) is 5. The first-order chi connectivity index (χ1) is 24.7. The molecule has 244 valence electrons. The van der Waals surface area contributed by atoms with E-state index in [0.29, 0.717) is 12.1 Å². The van der Waals surface area contributed by atoms with Gasteiger partial charge >= 0.3 is 0 Å². The van der Waals surface area contributed by atoms with Gasteiger partial charge in [0.05, 0.1) is 22.6 Å². The van der Waals surface area contributed by atoms with Crippen molar-refractivity contribution in [2.24, 2.45) is 0 Å². The molecule has 3 N–H and O–H groups in total. The van der Waals surface area contributed by atoms with E-state index in [1.54, 1.807) is 12.4 Å². The second-order valence-corrected chi connectivity index (χ2v) is 12.3. The van der Waals surface area contributed by atoms with Gasteiger partial charge in [-0.15, -0.1) is 0 Å². The molecule has 0 saturated carbocycles. The van der Waals surface area contributed by atoms with E-state index in [-0.39, 0.29) is 17.8 Å².